The Morgan fingerprint density at radius 1 is 1.57 bits per heavy atom. The van der Waals surface area contributed by atoms with Crippen molar-refractivity contribution in [3.05, 3.63) is 22.7 Å². The zero-order valence-corrected chi connectivity index (χ0v) is 14.1. The lowest BCUT2D eigenvalue weighted by Gasteiger charge is -2.24. The Balaban J connectivity index is 2.30. The van der Waals surface area contributed by atoms with Gasteiger partial charge >= 0.3 is 12.4 Å². The molecule has 0 spiro atoms. The normalized spacial score (nSPS) is 30.3. The molecule has 0 aliphatic carbocycles. The van der Waals surface area contributed by atoms with E-state index in [4.69, 9.17) is 36.1 Å². The fourth-order valence-electron chi connectivity index (χ4n) is 2.19. The molecule has 1 aliphatic heterocycles. The summed E-state index contributed by atoms with van der Waals surface area (Å²) < 4.78 is 21.7. The topological polar surface area (TPSA) is 138 Å². The molecule has 0 amide bonds. The van der Waals surface area contributed by atoms with E-state index in [1.807, 2.05) is 0 Å². The van der Waals surface area contributed by atoms with Crippen LogP contribution in [0.4, 0.5) is 5.82 Å². The van der Waals surface area contributed by atoms with Crippen molar-refractivity contribution in [3.63, 3.8) is 0 Å². The van der Waals surface area contributed by atoms with E-state index in [-0.39, 0.29) is 12.4 Å². The maximum atomic E-state index is 11.9. The number of nitrogen functional groups attached to an aromatic ring is 1. The van der Waals surface area contributed by atoms with Crippen LogP contribution in [-0.2, 0) is 30.3 Å². The second kappa shape index (κ2) is 7.32. The van der Waals surface area contributed by atoms with Crippen LogP contribution in [0.3, 0.4) is 0 Å². The third kappa shape index (κ3) is 4.14. The smallest absolute Gasteiger partial charge is 0.351 e. The van der Waals surface area contributed by atoms with Gasteiger partial charge in [-0.25, -0.2) is 4.79 Å². The molecule has 0 bridgehead atoms. The minimum Gasteiger partial charge on any atom is -0.386 e. The zero-order chi connectivity index (χ0) is 17.2. The van der Waals surface area contributed by atoms with Crippen LogP contribution >= 0.6 is 6.72 Å². The van der Waals surface area contributed by atoms with Gasteiger partial charge in [-0.3, -0.25) is 9.09 Å². The SMILES string of the molecule is COCC1OC(n2ccc(N)nc2=O)C(O)C1OP(O)(=S)OC. The number of rotatable bonds is 6. The first-order valence-electron chi connectivity index (χ1n) is 6.53. The molecule has 2 rings (SSSR count). The van der Waals surface area contributed by atoms with Crippen LogP contribution in [0.25, 0.3) is 0 Å². The summed E-state index contributed by atoms with van der Waals surface area (Å²) in [5, 5.41) is 10.4. The molecular formula is C11H18N3O7PS. The van der Waals surface area contributed by atoms with Crippen molar-refractivity contribution in [2.75, 3.05) is 26.6 Å². The molecule has 23 heavy (non-hydrogen) atoms. The van der Waals surface area contributed by atoms with E-state index in [1.165, 1.54) is 26.5 Å². The van der Waals surface area contributed by atoms with E-state index < -0.39 is 36.9 Å². The van der Waals surface area contributed by atoms with Gasteiger partial charge in [0.05, 0.1) is 6.61 Å². The Bertz CT molecular complexity index is 657. The molecule has 1 aromatic heterocycles. The van der Waals surface area contributed by atoms with Crippen LogP contribution < -0.4 is 11.4 Å². The first-order valence-corrected chi connectivity index (χ1v) is 9.12. The third-order valence-corrected chi connectivity index (χ3v) is 4.93. The maximum absolute atomic E-state index is 11.9. The molecule has 1 aliphatic rings. The summed E-state index contributed by atoms with van der Waals surface area (Å²) in [5.74, 6) is 0.0465. The Morgan fingerprint density at radius 3 is 2.83 bits per heavy atom. The monoisotopic (exact) mass is 367 g/mol. The summed E-state index contributed by atoms with van der Waals surface area (Å²) in [4.78, 5) is 25.3. The number of anilines is 1. The summed E-state index contributed by atoms with van der Waals surface area (Å²) in [7, 11) is 2.63. The quantitative estimate of drug-likeness (QED) is 0.535. The van der Waals surface area contributed by atoms with Crippen molar-refractivity contribution in [1.29, 1.82) is 0 Å². The Kier molecular flexibility index (Phi) is 5.87. The van der Waals surface area contributed by atoms with Gasteiger partial charge in [-0.2, -0.15) is 4.98 Å². The van der Waals surface area contributed by atoms with Crippen molar-refractivity contribution in [2.45, 2.75) is 24.5 Å². The molecule has 4 N–H and O–H groups in total. The van der Waals surface area contributed by atoms with Gasteiger partial charge in [0.2, 0.25) is 0 Å². The fourth-order valence-corrected chi connectivity index (χ4v) is 3.15. The first-order chi connectivity index (χ1) is 10.8. The van der Waals surface area contributed by atoms with Crippen LogP contribution in [0.15, 0.2) is 17.1 Å². The Morgan fingerprint density at radius 2 is 2.26 bits per heavy atom. The molecule has 0 aromatic carbocycles. The Hall–Kier alpha value is -0.910. The average Bonchev–Trinajstić information content (AvgIpc) is 2.77. The molecule has 5 unspecified atom stereocenters. The lowest BCUT2D eigenvalue weighted by Crippen LogP contribution is -2.37. The van der Waals surface area contributed by atoms with Crippen LogP contribution in [0, 0.1) is 0 Å². The minimum absolute atomic E-state index is 0.0465. The number of ether oxygens (including phenoxy) is 2. The standard InChI is InChI=1S/C11H18N3O7PS/c1-18-5-6-9(21-22(17,23)19-2)8(15)10(20-6)14-4-3-7(12)13-11(14)16/h3-4,6,8-10,15H,5H2,1-2H3,(H,17,23)(H2,12,13,16). The number of nitrogens with zero attached hydrogens (tertiary/aromatic N) is 2. The molecule has 0 radical (unpaired) electrons. The van der Waals surface area contributed by atoms with Crippen molar-refractivity contribution in [3.8, 4) is 0 Å². The molecule has 12 heteroatoms. The molecule has 0 saturated carbocycles. The van der Waals surface area contributed by atoms with Gasteiger partial charge in [0, 0.05) is 20.4 Å². The van der Waals surface area contributed by atoms with Gasteiger partial charge in [0.15, 0.2) is 6.23 Å². The predicted octanol–water partition coefficient (Wildman–Crippen LogP) is -1.02. The van der Waals surface area contributed by atoms with E-state index >= 15 is 0 Å². The summed E-state index contributed by atoms with van der Waals surface area (Å²) in [6, 6.07) is 1.39. The first kappa shape index (κ1) is 18.4. The molecule has 1 aromatic rings. The highest BCUT2D eigenvalue weighted by Gasteiger charge is 2.48. The van der Waals surface area contributed by atoms with Gasteiger partial charge in [-0.1, -0.05) is 0 Å². The highest BCUT2D eigenvalue weighted by atomic mass is 32.5. The zero-order valence-electron chi connectivity index (χ0n) is 12.4. The predicted molar refractivity (Wildman–Crippen MR) is 83.1 cm³/mol. The molecule has 1 fully saturated rings. The number of aliphatic hydroxyl groups is 1. The number of hydrogen-bond donors (Lipinski definition) is 3. The number of nitrogens with two attached hydrogens (primary N) is 1. The van der Waals surface area contributed by atoms with Gasteiger partial charge in [-0.15, -0.1) is 0 Å². The summed E-state index contributed by atoms with van der Waals surface area (Å²) in [6.07, 6.45) is -2.86. The fraction of sp³-hybridized carbons (Fsp3) is 0.636. The van der Waals surface area contributed by atoms with Crippen molar-refractivity contribution >= 4 is 24.3 Å². The summed E-state index contributed by atoms with van der Waals surface area (Å²) in [6.45, 7) is -3.49. The molecular weight excluding hydrogens is 349 g/mol. The second-order valence-electron chi connectivity index (χ2n) is 4.77. The molecule has 1 saturated heterocycles. The van der Waals surface area contributed by atoms with Gasteiger partial charge in [0.25, 0.3) is 0 Å². The number of methoxy groups -OCH3 is 1. The van der Waals surface area contributed by atoms with E-state index in [2.05, 4.69) is 4.98 Å². The Labute approximate surface area is 137 Å². The largest absolute Gasteiger partial charge is 0.386 e. The van der Waals surface area contributed by atoms with Crippen LogP contribution in [-0.4, -0.2) is 58.7 Å². The molecule has 2 heterocycles. The van der Waals surface area contributed by atoms with Crippen LogP contribution in [0.5, 0.6) is 0 Å². The molecule has 5 atom stereocenters. The summed E-state index contributed by atoms with van der Waals surface area (Å²) >= 11 is 4.79. The minimum atomic E-state index is -3.54. The second-order valence-corrected chi connectivity index (χ2v) is 7.67. The van der Waals surface area contributed by atoms with Crippen LogP contribution in [0.2, 0.25) is 0 Å². The highest BCUT2D eigenvalue weighted by molar-refractivity contribution is 8.07. The van der Waals surface area contributed by atoms with Crippen LogP contribution in [0.1, 0.15) is 6.23 Å². The van der Waals surface area contributed by atoms with Crippen molar-refractivity contribution in [1.82, 2.24) is 9.55 Å². The number of aromatic nitrogens is 2. The van der Waals surface area contributed by atoms with Gasteiger partial charge in [0.1, 0.15) is 24.1 Å². The maximum Gasteiger partial charge on any atom is 0.351 e. The molecule has 130 valence electrons. The molecule has 10 nitrogen and oxygen atoms in total. The van der Waals surface area contributed by atoms with Gasteiger partial charge < -0.3 is 29.7 Å². The van der Waals surface area contributed by atoms with E-state index in [9.17, 15) is 14.8 Å². The van der Waals surface area contributed by atoms with E-state index in [1.54, 1.807) is 0 Å². The lowest BCUT2D eigenvalue weighted by molar-refractivity contribution is -0.0608. The van der Waals surface area contributed by atoms with Crippen molar-refractivity contribution < 1.29 is 28.5 Å². The highest BCUT2D eigenvalue weighted by Crippen LogP contribution is 2.47. The van der Waals surface area contributed by atoms with E-state index in [0.717, 1.165) is 4.57 Å². The average molecular weight is 367 g/mol. The third-order valence-electron chi connectivity index (χ3n) is 3.25. The number of hydrogen-bond acceptors (Lipinski definition) is 9. The van der Waals surface area contributed by atoms with Gasteiger partial charge in [-0.05, 0) is 17.9 Å². The van der Waals surface area contributed by atoms with E-state index in [0.29, 0.717) is 0 Å². The number of aliphatic hydroxyl groups excluding tert-OH is 1. The lowest BCUT2D eigenvalue weighted by atomic mass is 10.1. The summed E-state index contributed by atoms with van der Waals surface area (Å²) in [5.41, 5.74) is 4.74. The van der Waals surface area contributed by atoms with Crippen molar-refractivity contribution in [2.24, 2.45) is 0 Å².